The fourth-order valence-electron chi connectivity index (χ4n) is 3.12. The van der Waals surface area contributed by atoms with Crippen LogP contribution in [0.1, 0.15) is 17.5 Å². The number of hydrogen-bond donors (Lipinski definition) is 1. The molecule has 0 aromatic heterocycles. The average molecular weight is 353 g/mol. The maximum Gasteiger partial charge on any atom is 0.145 e. The van der Waals surface area contributed by atoms with Gasteiger partial charge >= 0.3 is 0 Å². The van der Waals surface area contributed by atoms with Gasteiger partial charge in [-0.1, -0.05) is 53.7 Å². The molecular weight excluding hydrogens is 326 g/mol. The smallest absolute Gasteiger partial charge is 0.145 e. The highest BCUT2D eigenvalue weighted by atomic mass is 16.6. The largest absolute Gasteiger partial charge is 0.390 e. The maximum absolute atomic E-state index is 5.65. The van der Waals surface area contributed by atoms with E-state index in [-0.39, 0.29) is 6.10 Å². The third kappa shape index (κ3) is 4.49. The monoisotopic (exact) mass is 353 g/mol. The number of oxime groups is 1. The van der Waals surface area contributed by atoms with Crippen LogP contribution in [-0.2, 0) is 16.1 Å². The van der Waals surface area contributed by atoms with E-state index in [1.165, 1.54) is 16.7 Å². The van der Waals surface area contributed by atoms with E-state index >= 15 is 0 Å². The first-order valence-corrected chi connectivity index (χ1v) is 9.00. The second-order valence-corrected chi connectivity index (χ2v) is 6.67. The third-order valence-electron chi connectivity index (χ3n) is 4.66. The summed E-state index contributed by atoms with van der Waals surface area (Å²) in [4.78, 5) is 7.60. The zero-order valence-corrected chi connectivity index (χ0v) is 15.5. The summed E-state index contributed by atoms with van der Waals surface area (Å²) in [5, 5.41) is 4.16. The van der Waals surface area contributed by atoms with Crippen molar-refractivity contribution in [1.29, 1.82) is 0 Å². The van der Waals surface area contributed by atoms with Gasteiger partial charge in [0.1, 0.15) is 6.10 Å². The lowest BCUT2D eigenvalue weighted by Gasteiger charge is -2.18. The number of methoxy groups -OCH3 is 1. The van der Waals surface area contributed by atoms with Crippen molar-refractivity contribution in [2.75, 3.05) is 33.9 Å². The van der Waals surface area contributed by atoms with Crippen molar-refractivity contribution in [2.45, 2.75) is 19.1 Å². The van der Waals surface area contributed by atoms with Crippen molar-refractivity contribution in [3.05, 3.63) is 59.7 Å². The van der Waals surface area contributed by atoms with Crippen LogP contribution in [-0.4, -0.2) is 50.6 Å². The number of ether oxygens (including phenoxy) is 1. The molecule has 0 bridgehead atoms. The first kappa shape index (κ1) is 18.6. The summed E-state index contributed by atoms with van der Waals surface area (Å²) < 4.78 is 5.17. The van der Waals surface area contributed by atoms with E-state index in [1.807, 2.05) is 0 Å². The van der Waals surface area contributed by atoms with Gasteiger partial charge in [-0.25, -0.2) is 0 Å². The van der Waals surface area contributed by atoms with Gasteiger partial charge in [-0.3, -0.25) is 4.90 Å². The molecule has 2 aromatic carbocycles. The van der Waals surface area contributed by atoms with Gasteiger partial charge in [0, 0.05) is 33.2 Å². The van der Waals surface area contributed by atoms with E-state index in [0.29, 0.717) is 6.54 Å². The molecule has 1 heterocycles. The molecule has 2 N–H and O–H groups in total. The van der Waals surface area contributed by atoms with Crippen LogP contribution in [0.15, 0.2) is 53.7 Å². The first-order valence-electron chi connectivity index (χ1n) is 9.00. The second kappa shape index (κ2) is 8.94. The van der Waals surface area contributed by atoms with Crippen LogP contribution < -0.4 is 5.73 Å². The van der Waals surface area contributed by atoms with Crippen LogP contribution in [0, 0.1) is 0 Å². The van der Waals surface area contributed by atoms with Crippen LogP contribution >= 0.6 is 0 Å². The van der Waals surface area contributed by atoms with E-state index in [2.05, 4.69) is 65.6 Å². The van der Waals surface area contributed by atoms with Crippen molar-refractivity contribution in [3.8, 4) is 11.1 Å². The number of hydrogen-bond acceptors (Lipinski definition) is 5. The molecule has 1 aliphatic heterocycles. The van der Waals surface area contributed by atoms with Crippen molar-refractivity contribution in [3.63, 3.8) is 0 Å². The molecule has 0 saturated carbocycles. The summed E-state index contributed by atoms with van der Waals surface area (Å²) in [5.74, 6) is 0. The van der Waals surface area contributed by atoms with Gasteiger partial charge in [-0.15, -0.1) is 0 Å². The highest BCUT2D eigenvalue weighted by molar-refractivity contribution is 6.01. The Morgan fingerprint density at radius 2 is 1.88 bits per heavy atom. The Hall–Kier alpha value is -2.21. The summed E-state index contributed by atoms with van der Waals surface area (Å²) in [6.45, 7) is 3.03. The first-order chi connectivity index (χ1) is 12.7. The van der Waals surface area contributed by atoms with E-state index in [1.54, 1.807) is 7.11 Å². The Bertz CT molecular complexity index is 743. The predicted molar refractivity (Wildman–Crippen MR) is 105 cm³/mol. The fraction of sp³-hybridized carbons (Fsp3) is 0.381. The van der Waals surface area contributed by atoms with Crippen LogP contribution in [0.5, 0.6) is 0 Å². The van der Waals surface area contributed by atoms with E-state index in [9.17, 15) is 0 Å². The van der Waals surface area contributed by atoms with E-state index < -0.39 is 0 Å². The van der Waals surface area contributed by atoms with Crippen molar-refractivity contribution in [2.24, 2.45) is 10.9 Å². The quantitative estimate of drug-likeness (QED) is 0.793. The summed E-state index contributed by atoms with van der Waals surface area (Å²) in [6.07, 6.45) is 0.782. The molecule has 2 aromatic rings. The number of nitrogens with zero attached hydrogens (tertiary/aromatic N) is 2. The number of likely N-dealkylation sites (N-methyl/N-ethyl adjacent to an activating group) is 1. The highest BCUT2D eigenvalue weighted by Crippen LogP contribution is 2.26. The van der Waals surface area contributed by atoms with Gasteiger partial charge in [0.15, 0.2) is 0 Å². The summed E-state index contributed by atoms with van der Waals surface area (Å²) in [5.41, 5.74) is 11.5. The molecule has 1 aliphatic rings. The van der Waals surface area contributed by atoms with Crippen LogP contribution in [0.2, 0.25) is 0 Å². The second-order valence-electron chi connectivity index (χ2n) is 6.67. The number of rotatable bonds is 8. The van der Waals surface area contributed by atoms with Gasteiger partial charge in [0.25, 0.3) is 0 Å². The highest BCUT2D eigenvalue weighted by Gasteiger charge is 2.20. The summed E-state index contributed by atoms with van der Waals surface area (Å²) in [7, 11) is 3.85. The third-order valence-corrected chi connectivity index (χ3v) is 4.66. The van der Waals surface area contributed by atoms with Gasteiger partial charge in [0.2, 0.25) is 0 Å². The number of nitrogens with two attached hydrogens (primary N) is 1. The van der Waals surface area contributed by atoms with Crippen molar-refractivity contribution in [1.82, 2.24) is 4.90 Å². The summed E-state index contributed by atoms with van der Waals surface area (Å²) in [6, 6.07) is 17.1. The maximum atomic E-state index is 5.65. The standard InChI is InChI=1S/C21H27N3O2/c1-24(11-12-25-2)15-18-5-3-4-6-20(18)16-7-9-17(10-8-16)21-13-19(14-22)26-23-21/h3-10,19H,11-15,22H2,1-2H3. The Morgan fingerprint density at radius 1 is 1.15 bits per heavy atom. The molecule has 5 heteroatoms. The zero-order chi connectivity index (χ0) is 18.4. The molecule has 138 valence electrons. The minimum absolute atomic E-state index is 0.00744. The minimum atomic E-state index is 0.00744. The number of benzene rings is 2. The summed E-state index contributed by atoms with van der Waals surface area (Å²) >= 11 is 0. The molecule has 0 radical (unpaired) electrons. The Morgan fingerprint density at radius 3 is 2.58 bits per heavy atom. The van der Waals surface area contributed by atoms with Crippen LogP contribution in [0.25, 0.3) is 11.1 Å². The predicted octanol–water partition coefficient (Wildman–Crippen LogP) is 2.88. The molecular formula is C21H27N3O2. The van der Waals surface area contributed by atoms with Gasteiger partial charge in [-0.2, -0.15) is 0 Å². The Balaban J connectivity index is 1.75. The minimum Gasteiger partial charge on any atom is -0.390 e. The van der Waals surface area contributed by atoms with Crippen LogP contribution in [0.3, 0.4) is 0 Å². The zero-order valence-electron chi connectivity index (χ0n) is 15.5. The Kier molecular flexibility index (Phi) is 6.39. The normalized spacial score (nSPS) is 16.6. The molecule has 0 spiro atoms. The van der Waals surface area contributed by atoms with E-state index in [0.717, 1.165) is 37.4 Å². The van der Waals surface area contributed by atoms with Gasteiger partial charge in [0.05, 0.1) is 12.3 Å². The molecule has 0 fully saturated rings. The SMILES string of the molecule is COCCN(C)Cc1ccccc1-c1ccc(C2=NOC(CN)C2)cc1. The van der Waals surface area contributed by atoms with Crippen LogP contribution in [0.4, 0.5) is 0 Å². The molecule has 1 atom stereocenters. The van der Waals surface area contributed by atoms with Crippen molar-refractivity contribution < 1.29 is 9.57 Å². The van der Waals surface area contributed by atoms with Gasteiger partial charge < -0.3 is 15.3 Å². The molecule has 5 nitrogen and oxygen atoms in total. The van der Waals surface area contributed by atoms with Gasteiger partial charge in [-0.05, 0) is 29.3 Å². The molecule has 26 heavy (non-hydrogen) atoms. The lowest BCUT2D eigenvalue weighted by Crippen LogP contribution is -2.22. The molecule has 0 aliphatic carbocycles. The molecule has 0 amide bonds. The lowest BCUT2D eigenvalue weighted by molar-refractivity contribution is 0.0918. The Labute approximate surface area is 155 Å². The molecule has 3 rings (SSSR count). The van der Waals surface area contributed by atoms with E-state index in [4.69, 9.17) is 15.3 Å². The fourth-order valence-corrected chi connectivity index (χ4v) is 3.12. The molecule has 1 unspecified atom stereocenters. The topological polar surface area (TPSA) is 60.1 Å². The van der Waals surface area contributed by atoms with Crippen molar-refractivity contribution >= 4 is 5.71 Å². The molecule has 0 saturated heterocycles. The average Bonchev–Trinajstić information content (AvgIpc) is 3.16. The lowest BCUT2D eigenvalue weighted by atomic mass is 9.96.